The Labute approximate surface area is 182 Å². The summed E-state index contributed by atoms with van der Waals surface area (Å²) in [6, 6.07) is 14.8. The van der Waals surface area contributed by atoms with E-state index in [-0.39, 0.29) is 25.5 Å². The summed E-state index contributed by atoms with van der Waals surface area (Å²) in [4.78, 5) is 38.6. The Morgan fingerprint density at radius 3 is 2.61 bits per heavy atom. The number of benzene rings is 2. The van der Waals surface area contributed by atoms with E-state index in [1.54, 1.807) is 18.2 Å². The third-order valence-corrected chi connectivity index (χ3v) is 5.39. The molecule has 0 aliphatic carbocycles. The van der Waals surface area contributed by atoms with Crippen molar-refractivity contribution in [1.29, 1.82) is 0 Å². The van der Waals surface area contributed by atoms with Crippen molar-refractivity contribution in [2.45, 2.75) is 45.6 Å². The number of carbonyl (C=O) groups is 3. The lowest BCUT2D eigenvalue weighted by atomic mass is 9.97. The van der Waals surface area contributed by atoms with Gasteiger partial charge in [-0.3, -0.25) is 14.4 Å². The second-order valence-corrected chi connectivity index (χ2v) is 7.57. The van der Waals surface area contributed by atoms with Crippen LogP contribution in [0.25, 0.3) is 0 Å². The molecule has 0 unspecified atom stereocenters. The fraction of sp³-hybridized carbons (Fsp3) is 0.375. The molecule has 0 aromatic heterocycles. The van der Waals surface area contributed by atoms with Crippen molar-refractivity contribution in [1.82, 2.24) is 0 Å². The molecule has 0 saturated carbocycles. The predicted octanol–water partition coefficient (Wildman–Crippen LogP) is 3.89. The highest BCUT2D eigenvalue weighted by Gasteiger charge is 2.26. The SMILES string of the molecule is CC[C@H](C)c1ccccc1NC(=O)[C@@H](C)OC(=O)CCN1C(=O)COc2ccccc21. The van der Waals surface area contributed by atoms with Crippen LogP contribution in [0.1, 0.15) is 45.1 Å². The summed E-state index contributed by atoms with van der Waals surface area (Å²) in [7, 11) is 0. The van der Waals surface area contributed by atoms with Crippen LogP contribution in [0.2, 0.25) is 0 Å². The highest BCUT2D eigenvalue weighted by atomic mass is 16.5. The number of carbonyl (C=O) groups excluding carboxylic acids is 3. The third kappa shape index (κ3) is 5.42. The smallest absolute Gasteiger partial charge is 0.308 e. The molecule has 7 heteroatoms. The summed E-state index contributed by atoms with van der Waals surface area (Å²) >= 11 is 0. The number of anilines is 2. The van der Waals surface area contributed by atoms with E-state index in [4.69, 9.17) is 9.47 Å². The summed E-state index contributed by atoms with van der Waals surface area (Å²) < 4.78 is 10.7. The summed E-state index contributed by atoms with van der Waals surface area (Å²) in [5.41, 5.74) is 2.39. The van der Waals surface area contributed by atoms with Gasteiger partial charge in [0.15, 0.2) is 12.7 Å². The fourth-order valence-corrected chi connectivity index (χ4v) is 3.41. The van der Waals surface area contributed by atoms with Crippen molar-refractivity contribution in [2.24, 2.45) is 0 Å². The Hall–Kier alpha value is -3.35. The first-order valence-corrected chi connectivity index (χ1v) is 10.5. The largest absolute Gasteiger partial charge is 0.482 e. The van der Waals surface area contributed by atoms with Gasteiger partial charge in [0.2, 0.25) is 0 Å². The van der Waals surface area contributed by atoms with Gasteiger partial charge in [0.05, 0.1) is 12.1 Å². The van der Waals surface area contributed by atoms with Gasteiger partial charge in [-0.05, 0) is 43.0 Å². The van der Waals surface area contributed by atoms with Gasteiger partial charge in [-0.1, -0.05) is 44.2 Å². The third-order valence-electron chi connectivity index (χ3n) is 5.39. The minimum absolute atomic E-state index is 0.0266. The predicted molar refractivity (Wildman–Crippen MR) is 118 cm³/mol. The van der Waals surface area contributed by atoms with Crippen LogP contribution in [0.3, 0.4) is 0 Å². The molecule has 2 aromatic rings. The maximum Gasteiger partial charge on any atom is 0.308 e. The van der Waals surface area contributed by atoms with Crippen LogP contribution < -0.4 is 15.0 Å². The van der Waals surface area contributed by atoms with E-state index in [0.717, 1.165) is 17.7 Å². The standard InChI is InChI=1S/C24H28N2O5/c1-4-16(2)18-9-5-6-10-19(18)25-24(29)17(3)31-23(28)13-14-26-20-11-7-8-12-21(20)30-15-22(26)27/h5-12,16-17H,4,13-15H2,1-3H3,(H,25,29)/t16-,17+/m0/s1. The highest BCUT2D eigenvalue weighted by molar-refractivity contribution is 5.98. The molecular formula is C24H28N2O5. The minimum Gasteiger partial charge on any atom is -0.482 e. The van der Waals surface area contributed by atoms with Gasteiger partial charge in [-0.25, -0.2) is 0 Å². The van der Waals surface area contributed by atoms with Crippen LogP contribution in [-0.2, 0) is 19.1 Å². The van der Waals surface area contributed by atoms with E-state index >= 15 is 0 Å². The minimum atomic E-state index is -0.954. The maximum atomic E-state index is 12.6. The molecule has 1 aliphatic heterocycles. The molecule has 2 atom stereocenters. The fourth-order valence-electron chi connectivity index (χ4n) is 3.41. The molecule has 2 amide bonds. The van der Waals surface area contributed by atoms with Crippen LogP contribution in [-0.4, -0.2) is 37.0 Å². The van der Waals surface area contributed by atoms with E-state index in [0.29, 0.717) is 17.4 Å². The molecule has 2 aromatic carbocycles. The van der Waals surface area contributed by atoms with Crippen LogP contribution >= 0.6 is 0 Å². The normalized spacial score (nSPS) is 14.8. The number of hydrogen-bond donors (Lipinski definition) is 1. The van der Waals surface area contributed by atoms with E-state index < -0.39 is 18.0 Å². The number of esters is 1. The Kier molecular flexibility index (Phi) is 7.28. The topological polar surface area (TPSA) is 84.9 Å². The van der Waals surface area contributed by atoms with Gasteiger partial charge in [0, 0.05) is 12.2 Å². The first-order chi connectivity index (χ1) is 14.9. The first kappa shape index (κ1) is 22.3. The zero-order valence-corrected chi connectivity index (χ0v) is 18.1. The molecule has 0 bridgehead atoms. The zero-order valence-electron chi connectivity index (χ0n) is 18.1. The molecule has 31 heavy (non-hydrogen) atoms. The van der Waals surface area contributed by atoms with Crippen LogP contribution in [0, 0.1) is 0 Å². The van der Waals surface area contributed by atoms with Gasteiger partial charge in [-0.2, -0.15) is 0 Å². The monoisotopic (exact) mass is 424 g/mol. The molecule has 0 saturated heterocycles. The molecule has 1 heterocycles. The summed E-state index contributed by atoms with van der Waals surface area (Å²) in [6.45, 7) is 5.81. The Morgan fingerprint density at radius 2 is 1.84 bits per heavy atom. The van der Waals surface area contributed by atoms with E-state index in [1.165, 1.54) is 11.8 Å². The lowest BCUT2D eigenvalue weighted by molar-refractivity contribution is -0.153. The molecule has 7 nitrogen and oxygen atoms in total. The molecule has 164 valence electrons. The van der Waals surface area contributed by atoms with Gasteiger partial charge < -0.3 is 19.7 Å². The molecule has 1 N–H and O–H groups in total. The average Bonchev–Trinajstić information content (AvgIpc) is 2.78. The molecule has 0 spiro atoms. The number of para-hydroxylation sites is 3. The number of fused-ring (bicyclic) bond motifs is 1. The van der Waals surface area contributed by atoms with E-state index in [1.807, 2.05) is 30.3 Å². The van der Waals surface area contributed by atoms with Gasteiger partial charge >= 0.3 is 5.97 Å². The second kappa shape index (κ2) is 10.1. The molecule has 1 aliphatic rings. The summed E-state index contributed by atoms with van der Waals surface area (Å²) in [5.74, 6) is -0.267. The zero-order chi connectivity index (χ0) is 22.4. The van der Waals surface area contributed by atoms with Gasteiger partial charge in [0.25, 0.3) is 11.8 Å². The summed E-state index contributed by atoms with van der Waals surface area (Å²) in [5, 5.41) is 2.86. The number of hydrogen-bond acceptors (Lipinski definition) is 5. The second-order valence-electron chi connectivity index (χ2n) is 7.57. The molecule has 0 radical (unpaired) electrons. The van der Waals surface area contributed by atoms with Crippen LogP contribution in [0.4, 0.5) is 11.4 Å². The van der Waals surface area contributed by atoms with E-state index in [9.17, 15) is 14.4 Å². The van der Waals surface area contributed by atoms with E-state index in [2.05, 4.69) is 19.2 Å². The molecular weight excluding hydrogens is 396 g/mol. The van der Waals surface area contributed by atoms with Gasteiger partial charge in [-0.15, -0.1) is 0 Å². The lowest BCUT2D eigenvalue weighted by Crippen LogP contribution is -2.40. The Bertz CT molecular complexity index is 958. The van der Waals surface area contributed by atoms with Crippen molar-refractivity contribution in [3.8, 4) is 5.75 Å². The Balaban J connectivity index is 1.55. The average molecular weight is 424 g/mol. The summed E-state index contributed by atoms with van der Waals surface area (Å²) in [6.07, 6.45) is -0.0349. The molecule has 3 rings (SSSR count). The number of nitrogens with one attached hydrogen (secondary N) is 1. The number of nitrogens with zero attached hydrogens (tertiary/aromatic N) is 1. The van der Waals surface area contributed by atoms with Crippen molar-refractivity contribution >= 4 is 29.2 Å². The van der Waals surface area contributed by atoms with Gasteiger partial charge in [0.1, 0.15) is 5.75 Å². The Morgan fingerprint density at radius 1 is 1.13 bits per heavy atom. The quantitative estimate of drug-likeness (QED) is 0.650. The van der Waals surface area contributed by atoms with Crippen LogP contribution in [0.15, 0.2) is 48.5 Å². The van der Waals surface area contributed by atoms with Crippen molar-refractivity contribution in [2.75, 3.05) is 23.4 Å². The first-order valence-electron chi connectivity index (χ1n) is 10.5. The highest BCUT2D eigenvalue weighted by Crippen LogP contribution is 2.31. The molecule has 0 fully saturated rings. The number of ether oxygens (including phenoxy) is 2. The number of amides is 2. The van der Waals surface area contributed by atoms with Crippen LogP contribution in [0.5, 0.6) is 5.75 Å². The lowest BCUT2D eigenvalue weighted by Gasteiger charge is -2.29. The van der Waals surface area contributed by atoms with Crippen molar-refractivity contribution in [3.63, 3.8) is 0 Å². The van der Waals surface area contributed by atoms with Crippen molar-refractivity contribution in [3.05, 3.63) is 54.1 Å². The van der Waals surface area contributed by atoms with Crippen molar-refractivity contribution < 1.29 is 23.9 Å². The maximum absolute atomic E-state index is 12.6. The number of rotatable bonds is 8.